The maximum absolute atomic E-state index is 14.9. The number of halogens is 1. The molecule has 3 fully saturated rings. The molecule has 38 nitrogen and oxygen atoms in total. The van der Waals surface area contributed by atoms with Crippen LogP contribution in [0.5, 0.6) is 0 Å². The Hall–Kier alpha value is -10.1. The lowest BCUT2D eigenvalue weighted by atomic mass is 9.99. The SMILES string of the molecule is CCCC[C@H](NC(=O)[C@@H]1CCCN1C(=O)CNC(=O)[C@H](CCCCN)NC(=O)[C@H](Cc1cnc[nH]1)NC(=O)[C@H](CO)NC(=O)[C@H](CC(C)C)N(C)C(=O)[C@H](CCCN=C(N)N)NC(=O)[C@@H]1CCCN1C(=O)[C@H](CCCN=C(N)N)NC(=O)[C@@H]1CCC(=O)N1)C(=O)NC(C)(C)C(=O)N[C@@H](Cc1ccc(Br)cc1)C(=O)O. The van der Waals surface area contributed by atoms with E-state index in [-0.39, 0.29) is 140 Å². The average Bonchev–Trinajstić information content (AvgIpc) is 1.79. The van der Waals surface area contributed by atoms with Gasteiger partial charge in [-0.3, -0.25) is 72.3 Å². The van der Waals surface area contributed by atoms with Gasteiger partial charge in [-0.05, 0) is 134 Å². The number of aliphatic hydroxyl groups is 1. The Bertz CT molecular complexity index is 3520. The van der Waals surface area contributed by atoms with Gasteiger partial charge in [-0.1, -0.05) is 61.7 Å². The molecule has 0 bridgehead atoms. The van der Waals surface area contributed by atoms with Gasteiger partial charge >= 0.3 is 5.97 Å². The summed E-state index contributed by atoms with van der Waals surface area (Å²) >= 11 is 3.34. The number of imidazole rings is 1. The summed E-state index contributed by atoms with van der Waals surface area (Å²) in [6.45, 7) is 7.07. The highest BCUT2D eigenvalue weighted by molar-refractivity contribution is 9.10. The lowest BCUT2D eigenvalue weighted by Gasteiger charge is -2.34. The number of H-pyrrole nitrogens is 1. The van der Waals surface area contributed by atoms with Crippen LogP contribution in [0.4, 0.5) is 0 Å². The number of aromatic amines is 1. The molecule has 0 saturated carbocycles. The first-order chi connectivity index (χ1) is 51.7. The molecule has 23 N–H and O–H groups in total. The number of guanidine groups is 2. The number of likely N-dealkylation sites (N-methyl/N-ethyl adjacent to an activating group) is 1. The molecule has 2 aromatic rings. The largest absolute Gasteiger partial charge is 0.480 e. The number of rotatable bonds is 45. The number of aliphatic carboxylic acids is 1. The highest BCUT2D eigenvalue weighted by atomic mass is 79.9. The summed E-state index contributed by atoms with van der Waals surface area (Å²) in [4.78, 5) is 213. The number of nitrogens with one attached hydrogen (secondary N) is 11. The van der Waals surface area contributed by atoms with E-state index in [1.165, 1.54) is 43.2 Å². The zero-order valence-corrected chi connectivity index (χ0v) is 64.4. The average molecular weight is 1600 g/mol. The fourth-order valence-electron chi connectivity index (χ4n) is 12.8. The number of amides is 13. The fourth-order valence-corrected chi connectivity index (χ4v) is 13.0. The Labute approximate surface area is 641 Å². The van der Waals surface area contributed by atoms with Gasteiger partial charge in [0.2, 0.25) is 76.8 Å². The maximum Gasteiger partial charge on any atom is 0.326 e. The Morgan fingerprint density at radius 1 is 0.670 bits per heavy atom. The molecule has 1 aromatic carbocycles. The van der Waals surface area contributed by atoms with Gasteiger partial charge in [0, 0.05) is 68.9 Å². The molecule has 0 aliphatic carbocycles. The van der Waals surface area contributed by atoms with Gasteiger partial charge in [0.15, 0.2) is 11.9 Å². The second-order valence-corrected chi connectivity index (χ2v) is 29.3. The van der Waals surface area contributed by atoms with Crippen molar-refractivity contribution in [2.75, 3.05) is 52.9 Å². The molecule has 13 amide bonds. The molecule has 0 radical (unpaired) electrons. The van der Waals surface area contributed by atoms with Gasteiger partial charge in [-0.2, -0.15) is 0 Å². The normalized spacial score (nSPS) is 17.6. The molecule has 3 aliphatic rings. The molecule has 3 saturated heterocycles. The van der Waals surface area contributed by atoms with Crippen LogP contribution in [0, 0.1) is 5.92 Å². The second-order valence-electron chi connectivity index (χ2n) is 28.4. The number of carbonyl (C=O) groups is 14. The first-order valence-corrected chi connectivity index (χ1v) is 37.7. The molecule has 11 atom stereocenters. The Morgan fingerprint density at radius 2 is 1.23 bits per heavy atom. The quantitative estimate of drug-likeness (QED) is 0.0171. The monoisotopic (exact) mass is 1590 g/mol. The zero-order chi connectivity index (χ0) is 80.7. The molecular weight excluding hydrogens is 1480 g/mol. The van der Waals surface area contributed by atoms with Gasteiger partial charge in [0.1, 0.15) is 72.0 Å². The number of hydrogen-bond acceptors (Lipinski definition) is 19. The fraction of sp³-hybridized carbons (Fsp3) is 0.643. The van der Waals surface area contributed by atoms with Crippen molar-refractivity contribution in [3.8, 4) is 0 Å². The summed E-state index contributed by atoms with van der Waals surface area (Å²) in [7, 11) is 1.31. The molecule has 109 heavy (non-hydrogen) atoms. The van der Waals surface area contributed by atoms with Crippen LogP contribution in [-0.4, -0.2) is 254 Å². The van der Waals surface area contributed by atoms with Gasteiger partial charge < -0.3 is 112 Å². The van der Waals surface area contributed by atoms with Crippen molar-refractivity contribution in [1.82, 2.24) is 77.8 Å². The first kappa shape index (κ1) is 89.6. The van der Waals surface area contributed by atoms with Crippen molar-refractivity contribution in [3.63, 3.8) is 0 Å². The summed E-state index contributed by atoms with van der Waals surface area (Å²) in [5.41, 5.74) is 27.3. The maximum atomic E-state index is 14.9. The number of nitrogens with two attached hydrogens (primary N) is 5. The molecule has 4 heterocycles. The topological polar surface area (TPSA) is 593 Å². The summed E-state index contributed by atoms with van der Waals surface area (Å²) in [5.74, 6) is -11.7. The summed E-state index contributed by atoms with van der Waals surface area (Å²) < 4.78 is 0.776. The third-order valence-electron chi connectivity index (χ3n) is 18.8. The van der Waals surface area contributed by atoms with Crippen LogP contribution in [0.2, 0.25) is 0 Å². The van der Waals surface area contributed by atoms with Crippen LogP contribution in [-0.2, 0) is 80.0 Å². The van der Waals surface area contributed by atoms with Crippen LogP contribution in [0.15, 0.2) is 51.2 Å². The highest BCUT2D eigenvalue weighted by Crippen LogP contribution is 2.24. The first-order valence-electron chi connectivity index (χ1n) is 36.9. The lowest BCUT2D eigenvalue weighted by molar-refractivity contribution is -0.145. The smallest absolute Gasteiger partial charge is 0.326 e. The van der Waals surface area contributed by atoms with E-state index >= 15 is 0 Å². The molecule has 604 valence electrons. The molecule has 3 aliphatic heterocycles. The number of nitrogens with zero attached hydrogens (tertiary/aromatic N) is 6. The number of carboxylic acids is 1. The van der Waals surface area contributed by atoms with Gasteiger partial charge in [-0.25, -0.2) is 9.78 Å². The van der Waals surface area contributed by atoms with Crippen molar-refractivity contribution in [3.05, 3.63) is 52.5 Å². The molecule has 0 unspecified atom stereocenters. The number of hydrogen-bond donors (Lipinski definition) is 18. The summed E-state index contributed by atoms with van der Waals surface area (Å²) in [5, 5.41) is 47.0. The van der Waals surface area contributed by atoms with Crippen LogP contribution < -0.4 is 81.8 Å². The predicted molar refractivity (Wildman–Crippen MR) is 403 cm³/mol. The van der Waals surface area contributed by atoms with Crippen molar-refractivity contribution in [2.45, 2.75) is 229 Å². The molecular formula is C70H111BrN22O16. The third-order valence-corrected chi connectivity index (χ3v) is 19.3. The van der Waals surface area contributed by atoms with Crippen LogP contribution >= 0.6 is 15.9 Å². The predicted octanol–water partition coefficient (Wildman–Crippen LogP) is -4.00. The molecule has 5 rings (SSSR count). The van der Waals surface area contributed by atoms with Gasteiger partial charge in [0.25, 0.3) is 0 Å². The molecule has 1 aromatic heterocycles. The number of unbranched alkanes of at least 4 members (excludes halogenated alkanes) is 2. The zero-order valence-electron chi connectivity index (χ0n) is 62.8. The number of benzene rings is 1. The second kappa shape index (κ2) is 44.4. The number of aromatic nitrogens is 2. The van der Waals surface area contributed by atoms with E-state index in [0.29, 0.717) is 49.8 Å². The number of aliphatic imine (C=N–C) groups is 2. The van der Waals surface area contributed by atoms with Crippen LogP contribution in [0.1, 0.15) is 155 Å². The van der Waals surface area contributed by atoms with Crippen LogP contribution in [0.25, 0.3) is 0 Å². The number of carboxylic acid groups (broad SMARTS) is 1. The van der Waals surface area contributed by atoms with E-state index in [2.05, 4.69) is 89.1 Å². The third kappa shape index (κ3) is 28.8. The number of carbonyl (C=O) groups excluding carboxylic acids is 13. The van der Waals surface area contributed by atoms with Crippen molar-refractivity contribution >= 4 is 111 Å². The molecule has 39 heteroatoms. The van der Waals surface area contributed by atoms with Gasteiger partial charge in [0.05, 0.1) is 19.5 Å². The minimum absolute atomic E-state index is 0.0123. The van der Waals surface area contributed by atoms with Crippen molar-refractivity contribution in [1.29, 1.82) is 0 Å². The van der Waals surface area contributed by atoms with E-state index < -0.39 is 162 Å². The standard InChI is InChI=1S/C70H111BrN22O16/c1-7-8-15-44(60(101)90-70(4,5)67(109)89-49(66(107)108)33-40-21-23-41(71)24-22-40)84-61(102)51-19-13-30-92(51)55(96)36-80-56(97)43(16-9-10-27-72)83-58(99)48(34-42-35-77-38-81-42)87-59(100)50(37-94)88-63(104)53(32-39(2)3)91(6)64(105)46(17-11-28-78-68(73)74)86-62(103)52-20-14-31-93(52)65(106)47(18-12-29-79-69(75)76)85-57(98)45-25-26-54(95)82-45/h21-24,35,38-39,43-53,94H,7-20,25-34,36-37,72H2,1-6H3,(H,77,81)(H,80,97)(H,82,95)(H,83,99)(H,84,102)(H,85,98)(H,86,103)(H,87,100)(H,88,104)(H,89,109)(H,90,101)(H,107,108)(H4,73,74,78)(H4,75,76,79)/t43-,44-,45-,46-,47-,48-,49-,50-,51-,52-,53-/m0/s1. The van der Waals surface area contributed by atoms with Crippen LogP contribution in [0.3, 0.4) is 0 Å². The van der Waals surface area contributed by atoms with E-state index in [1.807, 2.05) is 6.92 Å². The highest BCUT2D eigenvalue weighted by Gasteiger charge is 2.43. The summed E-state index contributed by atoms with van der Waals surface area (Å²) in [6.07, 6.45) is 6.05. The van der Waals surface area contributed by atoms with E-state index in [4.69, 9.17) is 28.7 Å². The van der Waals surface area contributed by atoms with Crippen molar-refractivity contribution < 1.29 is 77.3 Å². The number of aliphatic hydroxyl groups excluding tert-OH is 1. The Kier molecular flexibility index (Phi) is 36.5. The Balaban J connectivity index is 1.27. The minimum Gasteiger partial charge on any atom is -0.480 e. The lowest BCUT2D eigenvalue weighted by Crippen LogP contribution is -2.62. The van der Waals surface area contributed by atoms with E-state index in [9.17, 15) is 77.3 Å². The van der Waals surface area contributed by atoms with E-state index in [1.54, 1.807) is 38.1 Å². The van der Waals surface area contributed by atoms with E-state index in [0.717, 1.165) is 9.37 Å². The summed E-state index contributed by atoms with van der Waals surface area (Å²) in [6, 6.07) is -7.32. The van der Waals surface area contributed by atoms with Gasteiger partial charge in [-0.15, -0.1) is 0 Å². The molecule has 0 spiro atoms. The van der Waals surface area contributed by atoms with Crippen molar-refractivity contribution in [2.24, 2.45) is 44.6 Å². The minimum atomic E-state index is -1.77. The number of likely N-dealkylation sites (tertiary alicyclic amines) is 2. The Morgan fingerprint density at radius 3 is 1.80 bits per heavy atom.